The predicted molar refractivity (Wildman–Crippen MR) is 118 cm³/mol. The van der Waals surface area contributed by atoms with E-state index in [1.165, 1.54) is 6.07 Å². The van der Waals surface area contributed by atoms with Gasteiger partial charge in [0.2, 0.25) is 0 Å². The maximum absolute atomic E-state index is 14.1. The zero-order valence-corrected chi connectivity index (χ0v) is 19.2. The Kier molecular flexibility index (Phi) is 6.22. The third-order valence-electron chi connectivity index (χ3n) is 6.81. The van der Waals surface area contributed by atoms with Gasteiger partial charge in [-0.1, -0.05) is 18.9 Å². The van der Waals surface area contributed by atoms with Gasteiger partial charge in [0.25, 0.3) is 5.91 Å². The molecule has 1 aromatic rings. The second-order valence-corrected chi connectivity index (χ2v) is 12.0. The summed E-state index contributed by atoms with van der Waals surface area (Å²) in [5, 5.41) is 4.84. The Balaban J connectivity index is 1.27. The molecule has 0 radical (unpaired) electrons. The molecule has 2 aliphatic carbocycles. The Hall–Kier alpha value is -2.16. The van der Waals surface area contributed by atoms with Gasteiger partial charge < -0.3 is 10.1 Å². The molecule has 7 nitrogen and oxygen atoms in total. The number of rotatable bonds is 12. The van der Waals surface area contributed by atoms with Gasteiger partial charge in [-0.3, -0.25) is 10.1 Å². The van der Waals surface area contributed by atoms with Gasteiger partial charge in [-0.2, -0.15) is 0 Å². The first-order chi connectivity index (χ1) is 15.1. The molecule has 0 spiro atoms. The third kappa shape index (κ3) is 5.42. The van der Waals surface area contributed by atoms with Crippen LogP contribution in [0.3, 0.4) is 0 Å². The molecular weight excluding hydrogens is 435 g/mol. The number of unbranched alkanes of at least 4 members (excludes halogenated alkanes) is 2. The molecular formula is C23H31FN2O5S. The number of hydrogen-bond donors (Lipinski definition) is 2. The van der Waals surface area contributed by atoms with E-state index < -0.39 is 32.6 Å². The summed E-state index contributed by atoms with van der Waals surface area (Å²) in [5.74, 6) is 0.115. The third-order valence-corrected chi connectivity index (χ3v) is 8.72. The molecule has 32 heavy (non-hydrogen) atoms. The molecule has 176 valence electrons. The van der Waals surface area contributed by atoms with Gasteiger partial charge in [-0.25, -0.2) is 17.6 Å². The minimum Gasteiger partial charge on any atom is -0.490 e. The molecule has 0 aromatic heterocycles. The lowest BCUT2D eigenvalue weighted by atomic mass is 9.95. The van der Waals surface area contributed by atoms with Gasteiger partial charge in [0.15, 0.2) is 21.4 Å². The van der Waals surface area contributed by atoms with Crippen molar-refractivity contribution in [2.45, 2.75) is 69.2 Å². The zero-order chi connectivity index (χ0) is 23.0. The van der Waals surface area contributed by atoms with Crippen LogP contribution >= 0.6 is 0 Å². The van der Waals surface area contributed by atoms with Crippen LogP contribution in [0.15, 0.2) is 18.2 Å². The summed E-state index contributed by atoms with van der Waals surface area (Å²) in [5.41, 5.74) is -0.524. The Morgan fingerprint density at radius 2 is 1.91 bits per heavy atom. The molecule has 3 aliphatic rings. The normalized spacial score (nSPS) is 24.2. The molecule has 1 heterocycles. The number of hydrogen-bond acceptors (Lipinski definition) is 5. The quantitative estimate of drug-likeness (QED) is 0.364. The molecule has 1 saturated heterocycles. The summed E-state index contributed by atoms with van der Waals surface area (Å²) in [6, 6.07) is 4.26. The van der Waals surface area contributed by atoms with E-state index in [0.717, 1.165) is 31.2 Å². The lowest BCUT2D eigenvalue weighted by molar-refractivity contribution is -0.123. The molecule has 2 N–H and O–H groups in total. The van der Waals surface area contributed by atoms with Crippen LogP contribution in [0.2, 0.25) is 0 Å². The van der Waals surface area contributed by atoms with Gasteiger partial charge in [-0.05, 0) is 69.1 Å². The van der Waals surface area contributed by atoms with Crippen LogP contribution in [0.4, 0.5) is 9.18 Å². The monoisotopic (exact) mass is 466 g/mol. The number of benzene rings is 1. The highest BCUT2D eigenvalue weighted by atomic mass is 32.2. The maximum Gasteiger partial charge on any atom is 0.322 e. The summed E-state index contributed by atoms with van der Waals surface area (Å²) in [4.78, 5) is 23.1. The van der Waals surface area contributed by atoms with Crippen LogP contribution in [0.25, 0.3) is 0 Å². The van der Waals surface area contributed by atoms with Crippen molar-refractivity contribution in [1.29, 1.82) is 0 Å². The topological polar surface area (TPSA) is 102 Å². The van der Waals surface area contributed by atoms with Crippen molar-refractivity contribution in [1.82, 2.24) is 10.6 Å². The van der Waals surface area contributed by atoms with Gasteiger partial charge in [-0.15, -0.1) is 0 Å². The second-order valence-electron chi connectivity index (χ2n) is 9.82. The number of urea groups is 1. The molecule has 1 unspecified atom stereocenters. The van der Waals surface area contributed by atoms with Crippen molar-refractivity contribution >= 4 is 21.8 Å². The van der Waals surface area contributed by atoms with Crippen molar-refractivity contribution < 1.29 is 27.1 Å². The average Bonchev–Trinajstić information content (AvgIpc) is 3.63. The van der Waals surface area contributed by atoms with E-state index in [2.05, 4.69) is 10.6 Å². The number of amides is 3. The number of halogens is 1. The fourth-order valence-electron chi connectivity index (χ4n) is 4.33. The Morgan fingerprint density at radius 3 is 2.53 bits per heavy atom. The SMILES string of the molecule is CC1(CCCCCS(=O)(=O)CC2(c3ccc(F)c(OCC4CC4)c3)CC2)NC(=O)NC1=O. The zero-order valence-electron chi connectivity index (χ0n) is 18.4. The van der Waals surface area contributed by atoms with Gasteiger partial charge >= 0.3 is 6.03 Å². The average molecular weight is 467 g/mol. The smallest absolute Gasteiger partial charge is 0.322 e. The van der Waals surface area contributed by atoms with E-state index in [4.69, 9.17) is 4.74 Å². The summed E-state index contributed by atoms with van der Waals surface area (Å²) in [6.07, 6.45) is 6.04. The highest BCUT2D eigenvalue weighted by Crippen LogP contribution is 2.50. The minimum atomic E-state index is -3.28. The second kappa shape index (κ2) is 8.65. The molecule has 9 heteroatoms. The molecule has 3 amide bonds. The van der Waals surface area contributed by atoms with E-state index in [0.29, 0.717) is 38.2 Å². The summed E-state index contributed by atoms with van der Waals surface area (Å²) in [7, 11) is -3.28. The minimum absolute atomic E-state index is 0.0594. The summed E-state index contributed by atoms with van der Waals surface area (Å²) < 4.78 is 45.3. The van der Waals surface area contributed by atoms with Crippen molar-refractivity contribution in [3.05, 3.63) is 29.6 Å². The van der Waals surface area contributed by atoms with E-state index in [1.807, 2.05) is 0 Å². The van der Waals surface area contributed by atoms with E-state index in [1.54, 1.807) is 19.1 Å². The first kappa shape index (κ1) is 23.0. The number of carbonyl (C=O) groups excluding carboxylic acids is 2. The maximum atomic E-state index is 14.1. The van der Waals surface area contributed by atoms with Crippen LogP contribution in [-0.4, -0.2) is 44.0 Å². The number of nitrogens with one attached hydrogen (secondary N) is 2. The molecule has 3 fully saturated rings. The highest BCUT2D eigenvalue weighted by Gasteiger charge is 2.47. The number of sulfone groups is 1. The van der Waals surface area contributed by atoms with Crippen LogP contribution in [0, 0.1) is 11.7 Å². The molecule has 0 bridgehead atoms. The standard InChI is InChI=1S/C23H31FN2O5S/c1-22(20(27)25-21(28)26-22)9-3-2-4-12-32(29,30)15-23(10-11-23)17-7-8-18(24)19(13-17)31-14-16-5-6-16/h7-8,13,16H,2-6,9-12,14-15H2,1H3,(H2,25,26,27,28). The largest absolute Gasteiger partial charge is 0.490 e. The van der Waals surface area contributed by atoms with E-state index >= 15 is 0 Å². The summed E-state index contributed by atoms with van der Waals surface area (Å²) >= 11 is 0. The molecule has 4 rings (SSSR count). The Bertz CT molecular complexity index is 1000. The number of imide groups is 1. The fourth-order valence-corrected chi connectivity index (χ4v) is 6.41. The van der Waals surface area contributed by atoms with Gasteiger partial charge in [0.1, 0.15) is 5.54 Å². The number of carbonyl (C=O) groups is 2. The molecule has 1 aliphatic heterocycles. The Morgan fingerprint density at radius 1 is 1.16 bits per heavy atom. The lowest BCUT2D eigenvalue weighted by Gasteiger charge is -2.20. The van der Waals surface area contributed by atoms with Crippen molar-refractivity contribution in [2.24, 2.45) is 5.92 Å². The van der Waals surface area contributed by atoms with E-state index in [-0.39, 0.29) is 23.2 Å². The van der Waals surface area contributed by atoms with Gasteiger partial charge in [0, 0.05) is 5.41 Å². The van der Waals surface area contributed by atoms with Crippen molar-refractivity contribution in [2.75, 3.05) is 18.1 Å². The van der Waals surface area contributed by atoms with Crippen LogP contribution < -0.4 is 15.4 Å². The summed E-state index contributed by atoms with van der Waals surface area (Å²) in [6.45, 7) is 2.18. The Labute approximate surface area is 188 Å². The molecule has 2 saturated carbocycles. The number of ether oxygens (including phenoxy) is 1. The first-order valence-corrected chi connectivity index (χ1v) is 13.2. The fraction of sp³-hybridized carbons (Fsp3) is 0.652. The van der Waals surface area contributed by atoms with Crippen molar-refractivity contribution in [3.63, 3.8) is 0 Å². The molecule has 1 aromatic carbocycles. The van der Waals surface area contributed by atoms with Crippen LogP contribution in [0.5, 0.6) is 5.75 Å². The van der Waals surface area contributed by atoms with Gasteiger partial charge in [0.05, 0.1) is 18.1 Å². The van der Waals surface area contributed by atoms with E-state index in [9.17, 15) is 22.4 Å². The highest BCUT2D eigenvalue weighted by molar-refractivity contribution is 7.91. The lowest BCUT2D eigenvalue weighted by Crippen LogP contribution is -2.43. The van der Waals surface area contributed by atoms with Crippen molar-refractivity contribution in [3.8, 4) is 5.75 Å². The molecule has 1 atom stereocenters. The first-order valence-electron chi connectivity index (χ1n) is 11.4. The van der Waals surface area contributed by atoms with Crippen LogP contribution in [0.1, 0.15) is 63.9 Å². The predicted octanol–water partition coefficient (Wildman–Crippen LogP) is 3.22. The van der Waals surface area contributed by atoms with Crippen LogP contribution in [-0.2, 0) is 20.0 Å².